The van der Waals surface area contributed by atoms with Crippen LogP contribution in [0, 0.1) is 5.92 Å². The number of ether oxygens (including phenoxy) is 1. The Balaban J connectivity index is 2.52. The highest BCUT2D eigenvalue weighted by atomic mass is 35.5. The van der Waals surface area contributed by atoms with Crippen molar-refractivity contribution in [1.29, 1.82) is 0 Å². The molecule has 0 radical (unpaired) electrons. The lowest BCUT2D eigenvalue weighted by Crippen LogP contribution is -2.52. The highest BCUT2D eigenvalue weighted by Gasteiger charge is 2.52. The number of amides is 1. The highest BCUT2D eigenvalue weighted by Crippen LogP contribution is 2.39. The van der Waals surface area contributed by atoms with Gasteiger partial charge in [0, 0.05) is 42.9 Å². The summed E-state index contributed by atoms with van der Waals surface area (Å²) >= 11 is 6.37. The van der Waals surface area contributed by atoms with Crippen LogP contribution in [0.2, 0.25) is 0 Å². The number of nitrogens with zero attached hydrogens (tertiary/aromatic N) is 1. The molecular weight excluding hydrogens is 444 g/mol. The lowest BCUT2D eigenvalue weighted by Gasteiger charge is -2.35. The molecule has 178 valence electrons. The minimum absolute atomic E-state index is 0.167. The van der Waals surface area contributed by atoms with Gasteiger partial charge in [0.05, 0.1) is 5.03 Å². The zero-order chi connectivity index (χ0) is 24.9. The van der Waals surface area contributed by atoms with E-state index in [1.54, 1.807) is 17.2 Å². The van der Waals surface area contributed by atoms with Crippen molar-refractivity contribution >= 4 is 35.0 Å². The zero-order valence-electron chi connectivity index (χ0n) is 19.7. The molecule has 0 spiro atoms. The van der Waals surface area contributed by atoms with E-state index in [-0.39, 0.29) is 22.6 Å². The van der Waals surface area contributed by atoms with Gasteiger partial charge in [0.1, 0.15) is 0 Å². The highest BCUT2D eigenvalue weighted by molar-refractivity contribution is 6.49. The zero-order valence-corrected chi connectivity index (χ0v) is 20.5. The van der Waals surface area contributed by atoms with E-state index in [9.17, 15) is 19.2 Å². The molecular formula is C25H31ClN2O5. The van der Waals surface area contributed by atoms with E-state index in [2.05, 4.69) is 19.9 Å². The number of esters is 1. The Bertz CT molecular complexity index is 1020. The second-order valence-corrected chi connectivity index (χ2v) is 8.90. The van der Waals surface area contributed by atoms with Crippen molar-refractivity contribution in [1.82, 2.24) is 4.90 Å². The second kappa shape index (κ2) is 10.8. The average Bonchev–Trinajstić information content (AvgIpc) is 2.74. The third kappa shape index (κ3) is 6.11. The van der Waals surface area contributed by atoms with Gasteiger partial charge in [0.2, 0.25) is 23.1 Å². The molecule has 0 aromatic rings. The molecule has 0 aromatic carbocycles. The van der Waals surface area contributed by atoms with Gasteiger partial charge in [-0.05, 0) is 38.3 Å². The fraction of sp³-hybridized carbons (Fsp3) is 0.440. The van der Waals surface area contributed by atoms with Crippen LogP contribution >= 0.6 is 11.6 Å². The van der Waals surface area contributed by atoms with Crippen LogP contribution in [0.5, 0.6) is 0 Å². The molecule has 0 saturated heterocycles. The SMILES string of the molecule is CCC(C)C=C(C)C=CC1=CC2=C(Cl)C(=O)C(C)(OC(C)=O)C(=O)C2=CN1CCCC(N)=O. The molecule has 2 atom stereocenters. The van der Waals surface area contributed by atoms with Crippen LogP contribution in [0.1, 0.15) is 53.9 Å². The lowest BCUT2D eigenvalue weighted by molar-refractivity contribution is -0.167. The molecule has 2 unspecified atom stereocenters. The molecule has 0 saturated carbocycles. The fourth-order valence-electron chi connectivity index (χ4n) is 3.64. The minimum Gasteiger partial charge on any atom is -0.443 e. The smallest absolute Gasteiger partial charge is 0.304 e. The van der Waals surface area contributed by atoms with Crippen molar-refractivity contribution in [3.63, 3.8) is 0 Å². The first-order valence-electron chi connectivity index (χ1n) is 10.9. The lowest BCUT2D eigenvalue weighted by atomic mass is 9.79. The first kappa shape index (κ1) is 26.3. The molecule has 8 heteroatoms. The number of fused-ring (bicyclic) bond motifs is 1. The maximum Gasteiger partial charge on any atom is 0.304 e. The maximum absolute atomic E-state index is 13.2. The van der Waals surface area contributed by atoms with E-state index in [1.165, 1.54) is 6.92 Å². The summed E-state index contributed by atoms with van der Waals surface area (Å²) < 4.78 is 5.10. The van der Waals surface area contributed by atoms with E-state index in [1.807, 2.05) is 19.1 Å². The largest absolute Gasteiger partial charge is 0.443 e. The number of carbonyl (C=O) groups is 4. The standard InChI is InChI=1S/C25H31ClN2O5/c1-6-15(2)12-16(3)9-10-18-13-19-20(14-28(18)11-7-8-21(27)30)23(31)25(5,33-17(4)29)24(32)22(19)26/h9-10,12-15H,6-8,11H2,1-5H3,(H2,27,30). The molecule has 0 bridgehead atoms. The Morgan fingerprint density at radius 1 is 1.27 bits per heavy atom. The van der Waals surface area contributed by atoms with Gasteiger partial charge in [-0.2, -0.15) is 0 Å². The molecule has 2 aliphatic rings. The third-order valence-electron chi connectivity index (χ3n) is 5.62. The van der Waals surface area contributed by atoms with E-state index >= 15 is 0 Å². The summed E-state index contributed by atoms with van der Waals surface area (Å²) in [5, 5.41) is -0.167. The summed E-state index contributed by atoms with van der Waals surface area (Å²) in [5.41, 5.74) is 5.47. The van der Waals surface area contributed by atoms with Gasteiger partial charge >= 0.3 is 5.97 Å². The van der Waals surface area contributed by atoms with Crippen LogP contribution < -0.4 is 5.73 Å². The normalized spacial score (nSPS) is 22.2. The molecule has 1 amide bonds. The number of nitrogens with two attached hydrogens (primary N) is 1. The number of hydrogen-bond donors (Lipinski definition) is 1. The van der Waals surface area contributed by atoms with Gasteiger partial charge in [0.15, 0.2) is 0 Å². The topological polar surface area (TPSA) is 107 Å². The monoisotopic (exact) mass is 474 g/mol. The first-order valence-corrected chi connectivity index (χ1v) is 11.3. The quantitative estimate of drug-likeness (QED) is 0.309. The van der Waals surface area contributed by atoms with Crippen molar-refractivity contribution in [3.8, 4) is 0 Å². The van der Waals surface area contributed by atoms with Gasteiger partial charge in [-0.3, -0.25) is 19.2 Å². The van der Waals surface area contributed by atoms with Crippen molar-refractivity contribution in [2.24, 2.45) is 11.7 Å². The van der Waals surface area contributed by atoms with Gasteiger partial charge in [0.25, 0.3) is 0 Å². The number of allylic oxidation sites excluding steroid dienone is 6. The number of carbonyl (C=O) groups excluding carboxylic acids is 4. The Hall–Kier alpha value is -2.93. The molecule has 7 nitrogen and oxygen atoms in total. The van der Waals surface area contributed by atoms with Crippen LogP contribution in [-0.2, 0) is 23.9 Å². The van der Waals surface area contributed by atoms with Crippen LogP contribution in [-0.4, -0.2) is 40.5 Å². The summed E-state index contributed by atoms with van der Waals surface area (Å²) in [5.74, 6) is -2.15. The number of Topliss-reactive ketones (excluding diaryl/α,β-unsaturated/α-hetero) is 2. The minimum atomic E-state index is -2.02. The fourth-order valence-corrected chi connectivity index (χ4v) is 3.98. The third-order valence-corrected chi connectivity index (χ3v) is 6.00. The van der Waals surface area contributed by atoms with Crippen molar-refractivity contribution in [2.45, 2.75) is 59.5 Å². The van der Waals surface area contributed by atoms with E-state index in [4.69, 9.17) is 22.1 Å². The molecule has 1 aliphatic heterocycles. The molecule has 0 aromatic heterocycles. The number of primary amides is 1. The Kier molecular flexibility index (Phi) is 8.61. The van der Waals surface area contributed by atoms with Crippen LogP contribution in [0.15, 0.2) is 58.0 Å². The summed E-state index contributed by atoms with van der Waals surface area (Å²) in [6.45, 7) is 9.03. The molecule has 2 rings (SSSR count). The number of ketones is 2. The summed E-state index contributed by atoms with van der Waals surface area (Å²) in [6, 6.07) is 0. The van der Waals surface area contributed by atoms with Crippen molar-refractivity contribution in [2.75, 3.05) is 6.54 Å². The molecule has 1 aliphatic carbocycles. The maximum atomic E-state index is 13.2. The van der Waals surface area contributed by atoms with E-state index in [0.717, 1.165) is 18.9 Å². The Morgan fingerprint density at radius 2 is 1.94 bits per heavy atom. The average molecular weight is 475 g/mol. The predicted octanol–water partition coefficient (Wildman–Crippen LogP) is 3.85. The summed E-state index contributed by atoms with van der Waals surface area (Å²) in [4.78, 5) is 50.6. The molecule has 0 fully saturated rings. The van der Waals surface area contributed by atoms with Gasteiger partial charge in [-0.1, -0.05) is 49.6 Å². The second-order valence-electron chi connectivity index (χ2n) is 8.52. The summed E-state index contributed by atoms with van der Waals surface area (Å²) in [6.07, 6.45) is 10.9. The number of hydrogen-bond acceptors (Lipinski definition) is 6. The number of rotatable bonds is 9. The predicted molar refractivity (Wildman–Crippen MR) is 127 cm³/mol. The van der Waals surface area contributed by atoms with Crippen LogP contribution in [0.25, 0.3) is 0 Å². The Morgan fingerprint density at radius 3 is 2.52 bits per heavy atom. The van der Waals surface area contributed by atoms with Crippen molar-refractivity contribution in [3.05, 3.63) is 58.0 Å². The number of halogens is 1. The van der Waals surface area contributed by atoms with E-state index in [0.29, 0.717) is 24.6 Å². The summed E-state index contributed by atoms with van der Waals surface area (Å²) in [7, 11) is 0. The van der Waals surface area contributed by atoms with Gasteiger partial charge < -0.3 is 15.4 Å². The van der Waals surface area contributed by atoms with Gasteiger partial charge in [-0.15, -0.1) is 0 Å². The molecule has 33 heavy (non-hydrogen) atoms. The molecule has 2 N–H and O–H groups in total. The van der Waals surface area contributed by atoms with E-state index < -0.39 is 29.0 Å². The Labute approximate surface area is 199 Å². The van der Waals surface area contributed by atoms with Crippen LogP contribution in [0.3, 0.4) is 0 Å². The first-order chi connectivity index (χ1) is 15.4. The van der Waals surface area contributed by atoms with Gasteiger partial charge in [-0.25, -0.2) is 0 Å². The molecule has 1 heterocycles. The van der Waals surface area contributed by atoms with Crippen molar-refractivity contribution < 1.29 is 23.9 Å². The van der Waals surface area contributed by atoms with Crippen LogP contribution in [0.4, 0.5) is 0 Å².